The van der Waals surface area contributed by atoms with Gasteiger partial charge in [0.05, 0.1) is 30.2 Å². The second-order valence-corrected chi connectivity index (χ2v) is 8.83. The van der Waals surface area contributed by atoms with E-state index in [4.69, 9.17) is 30.3 Å². The maximum Gasteiger partial charge on any atom is 0.141 e. The van der Waals surface area contributed by atoms with Gasteiger partial charge in [-0.15, -0.1) is 5.53 Å². The zero-order valence-electron chi connectivity index (χ0n) is 27.9. The van der Waals surface area contributed by atoms with Crippen LogP contribution < -0.4 is 4.74 Å². The third kappa shape index (κ3) is 13.5. The van der Waals surface area contributed by atoms with Crippen molar-refractivity contribution in [3.8, 4) is 135 Å². The Kier molecular flexibility index (Phi) is 19.3. The number of H-pyrrole nitrogens is 1. The maximum atomic E-state index is 7.00. The Hall–Kier alpha value is -8.13. The molecule has 2 heterocycles. The summed E-state index contributed by atoms with van der Waals surface area (Å²) in [5, 5.41) is 4.08. The molecule has 0 radical (unpaired) electrons. The molecule has 0 atom stereocenters. The van der Waals surface area contributed by atoms with E-state index >= 15 is 0 Å². The van der Waals surface area contributed by atoms with Crippen LogP contribution in [-0.4, -0.2) is 22.2 Å². The van der Waals surface area contributed by atoms with Gasteiger partial charge in [-0.2, -0.15) is 0 Å². The minimum Gasteiger partial charge on any atom is -0.496 e. The zero-order valence-corrected chi connectivity index (χ0v) is 27.9. The van der Waals surface area contributed by atoms with Crippen molar-refractivity contribution < 1.29 is 17.8 Å². The predicted octanol–water partition coefficient (Wildman–Crippen LogP) is 8.29. The first-order valence-corrected chi connectivity index (χ1v) is 14.0. The Balaban J connectivity index is -0.000000186. The molecule has 0 amide bonds. The summed E-state index contributed by atoms with van der Waals surface area (Å²) in [6, 6.07) is 10.4. The second-order valence-electron chi connectivity index (χ2n) is 8.83. The van der Waals surface area contributed by atoms with Crippen molar-refractivity contribution in [3.05, 3.63) is 74.0 Å². The van der Waals surface area contributed by atoms with Gasteiger partial charge in [-0.05, 0) is 170 Å². The molecule has 0 saturated heterocycles. The molecule has 2 aromatic carbocycles. The van der Waals surface area contributed by atoms with Gasteiger partial charge < -0.3 is 14.2 Å². The van der Waals surface area contributed by atoms with Crippen LogP contribution in [0.2, 0.25) is 0 Å². The van der Waals surface area contributed by atoms with Crippen molar-refractivity contribution in [2.45, 2.75) is 34.6 Å². The molecule has 0 aliphatic heterocycles. The van der Waals surface area contributed by atoms with Crippen molar-refractivity contribution in [1.82, 2.24) is 15.1 Å². The molecule has 0 aliphatic carbocycles. The largest absolute Gasteiger partial charge is 0.496 e. The summed E-state index contributed by atoms with van der Waals surface area (Å²) in [6.45, 7) is 9.36. The van der Waals surface area contributed by atoms with Crippen LogP contribution in [0.4, 0.5) is 0 Å². The second kappa shape index (κ2) is 24.1. The van der Waals surface area contributed by atoms with E-state index in [-0.39, 0.29) is 8.56 Å². The number of nitrogens with zero attached hydrogens (tertiary/aromatic N) is 4. The topological polar surface area (TPSA) is 158 Å². The Morgan fingerprint density at radius 2 is 1.26 bits per heavy atom. The highest BCUT2D eigenvalue weighted by Gasteiger charge is 2.17. The molecule has 0 spiro atoms. The molecule has 0 aliphatic rings. The lowest BCUT2D eigenvalue weighted by atomic mass is 9.95. The first-order valence-electron chi connectivity index (χ1n) is 14.0. The van der Waals surface area contributed by atoms with E-state index in [1.165, 1.54) is 5.56 Å². The fraction of sp³-hybridized carbons (Fsp3) is 0.150. The zero-order chi connectivity index (χ0) is 37.0. The molecule has 0 bridgehead atoms. The van der Waals surface area contributed by atoms with Crippen molar-refractivity contribution in [2.75, 3.05) is 7.11 Å². The molecule has 2 aromatic heterocycles. The number of methoxy groups -OCH3 is 1. The van der Waals surface area contributed by atoms with Crippen LogP contribution in [0.3, 0.4) is 0 Å². The van der Waals surface area contributed by atoms with Gasteiger partial charge in [0.1, 0.15) is 11.5 Å². The number of ether oxygens (including phenoxy) is 1. The Morgan fingerprint density at radius 1 is 0.780 bits per heavy atom. The molecule has 252 valence electrons. The number of aryl methyl sites for hydroxylation is 3. The van der Waals surface area contributed by atoms with Gasteiger partial charge in [0.25, 0.3) is 0 Å². The molecule has 10 heteroatoms. The number of benzene rings is 2. The number of rotatable bonds is 3. The Bertz CT molecular complexity index is 2380. The van der Waals surface area contributed by atoms with Gasteiger partial charge in [-0.25, -0.2) is 4.98 Å². The molecule has 4 aromatic rings. The first kappa shape index (κ1) is 39.9. The van der Waals surface area contributed by atoms with Crippen molar-refractivity contribution in [3.63, 3.8) is 0 Å². The van der Waals surface area contributed by atoms with Crippen LogP contribution in [-0.2, 0) is 0 Å². The summed E-state index contributed by atoms with van der Waals surface area (Å²) in [6.07, 6.45) is 1.72. The van der Waals surface area contributed by atoms with E-state index in [0.717, 1.165) is 50.5 Å². The van der Waals surface area contributed by atoms with E-state index in [1.54, 1.807) is 32.2 Å². The third-order valence-corrected chi connectivity index (χ3v) is 5.68. The summed E-state index contributed by atoms with van der Waals surface area (Å²) >= 11 is 0. The number of nitrogens with one attached hydrogen (secondary N) is 2. The summed E-state index contributed by atoms with van der Waals surface area (Å²) in [5.74, 6) is 47.2. The van der Waals surface area contributed by atoms with E-state index in [9.17, 15) is 0 Å². The monoisotopic (exact) mass is 666 g/mol. The van der Waals surface area contributed by atoms with E-state index in [0.29, 0.717) is 0 Å². The minimum absolute atomic E-state index is 0. The molecule has 2 N–H and O–H groups in total. The van der Waals surface area contributed by atoms with Gasteiger partial charge in [0, 0.05) is 35.2 Å². The van der Waals surface area contributed by atoms with Crippen LogP contribution >= 0.6 is 0 Å². The predicted molar refractivity (Wildman–Crippen MR) is 208 cm³/mol. The van der Waals surface area contributed by atoms with Gasteiger partial charge in [-0.3, -0.25) is 0 Å². The SMILES string of the molecule is CC#CC#CC#CC#CC#CC#CC#CC#CC#CC.COc1ccc(C)cc1-c1cc(-c2c(C)noc2C)cc2[nH]cnc12.O=O.[HH].[HH].[HH].[HH].[HH].[HH].[N-]=[N+]=N. The average Bonchev–Trinajstić information content (AvgIpc) is 3.74. The molecular formula is C40H38N6O4. The summed E-state index contributed by atoms with van der Waals surface area (Å²) < 4.78 is 10.9. The molecule has 4 rings (SSSR count). The number of imidazole rings is 1. The van der Waals surface area contributed by atoms with E-state index in [1.807, 2.05) is 26.0 Å². The van der Waals surface area contributed by atoms with Gasteiger partial charge in [-0.1, -0.05) is 28.6 Å². The van der Waals surface area contributed by atoms with E-state index < -0.39 is 0 Å². The van der Waals surface area contributed by atoms with Gasteiger partial charge in [0.2, 0.25) is 0 Å². The quantitative estimate of drug-likeness (QED) is 0.0969. The molecule has 50 heavy (non-hydrogen) atoms. The van der Waals surface area contributed by atoms with Crippen molar-refractivity contribution >= 4 is 11.0 Å². The Labute approximate surface area is 299 Å². The summed E-state index contributed by atoms with van der Waals surface area (Å²) in [7, 11) is 1.69. The lowest BCUT2D eigenvalue weighted by molar-refractivity contribution is 0.393. The lowest BCUT2D eigenvalue weighted by Crippen LogP contribution is -1.92. The highest BCUT2D eigenvalue weighted by atomic mass is 16.7. The molecule has 0 unspecified atom stereocenters. The van der Waals surface area contributed by atoms with Crippen LogP contribution in [0.25, 0.3) is 43.7 Å². The van der Waals surface area contributed by atoms with Crippen LogP contribution in [0.1, 0.15) is 39.4 Å². The first-order chi connectivity index (χ1) is 24.4. The normalized spacial score (nSPS) is 7.40. The summed E-state index contributed by atoms with van der Waals surface area (Å²) in [4.78, 5) is 23.5. The van der Waals surface area contributed by atoms with Crippen molar-refractivity contribution in [1.29, 1.82) is 5.53 Å². The lowest BCUT2D eigenvalue weighted by Gasteiger charge is -2.12. The molecule has 0 fully saturated rings. The number of aromatic amines is 1. The fourth-order valence-electron chi connectivity index (χ4n) is 3.89. The number of fused-ring (bicyclic) bond motifs is 1. The van der Waals surface area contributed by atoms with Crippen LogP contribution in [0, 0.1) is 143 Å². The number of hydrogen-bond donors (Lipinski definition) is 2. The molecule has 10 nitrogen and oxygen atoms in total. The standard InChI is InChI=1S/C20H19N3O2.C20H6.HN3.O2.6H2/c1-11-5-6-18(24-4)15(7-11)16-8-14(9-17-20(16)22-10-21-17)19-12(2)23-25-13(19)3;1-3-5-7-9-11-13-15-17-19-20-18-16-14-12-10-8-6-4-2;1-3-2;1-2;;;;;;/h5-10H,1-4H3,(H,21,22);1-2H3;1H;;6*1H. The highest BCUT2D eigenvalue weighted by Crippen LogP contribution is 2.39. The summed E-state index contributed by atoms with van der Waals surface area (Å²) in [5.41, 5.74) is 20.3. The minimum atomic E-state index is 0. The number of hydrogen-bond acceptors (Lipinski definition) is 7. The maximum absolute atomic E-state index is 7.00. The fourth-order valence-corrected chi connectivity index (χ4v) is 3.89. The third-order valence-electron chi connectivity index (χ3n) is 5.68. The highest BCUT2D eigenvalue weighted by molar-refractivity contribution is 5.97. The Morgan fingerprint density at radius 3 is 1.68 bits per heavy atom. The van der Waals surface area contributed by atoms with Crippen LogP contribution in [0.5, 0.6) is 5.75 Å². The van der Waals surface area contributed by atoms with Gasteiger partial charge in [0.15, 0.2) is 0 Å². The molecule has 0 saturated carbocycles. The molecular weight excluding hydrogens is 628 g/mol. The average molecular weight is 667 g/mol. The number of aromatic nitrogens is 3. The van der Waals surface area contributed by atoms with E-state index in [2.05, 4.69) is 147 Å². The smallest absolute Gasteiger partial charge is 0.141 e. The van der Waals surface area contributed by atoms with Gasteiger partial charge >= 0.3 is 0 Å². The van der Waals surface area contributed by atoms with Crippen molar-refractivity contribution in [2.24, 2.45) is 0 Å². The van der Waals surface area contributed by atoms with Crippen LogP contribution in [0.15, 0.2) is 41.2 Å².